The van der Waals surface area contributed by atoms with Gasteiger partial charge in [-0.05, 0) is 26.0 Å². The Bertz CT molecular complexity index is 870. The number of carbonyl (C=O) groups excluding carboxylic acids is 1. The molecule has 0 unspecified atom stereocenters. The fraction of sp³-hybridized carbons (Fsp3) is 0.476. The zero-order valence-corrected chi connectivity index (χ0v) is 17.3. The second-order valence-corrected chi connectivity index (χ2v) is 7.68. The lowest BCUT2D eigenvalue weighted by Crippen LogP contribution is -2.48. The van der Waals surface area contributed by atoms with Gasteiger partial charge in [0.15, 0.2) is 0 Å². The lowest BCUT2D eigenvalue weighted by atomic mass is 10.0. The van der Waals surface area contributed by atoms with Crippen molar-refractivity contribution < 1.29 is 24.3 Å². The second-order valence-electron chi connectivity index (χ2n) is 7.68. The van der Waals surface area contributed by atoms with E-state index in [2.05, 4.69) is 20.3 Å². The first-order valence-electron chi connectivity index (χ1n) is 10.0. The number of aromatic nitrogens is 1. The van der Waals surface area contributed by atoms with Gasteiger partial charge in [-0.2, -0.15) is 0 Å². The number of aromatic hydroxyl groups is 1. The third kappa shape index (κ3) is 5.58. The maximum atomic E-state index is 12.3. The third-order valence-corrected chi connectivity index (χ3v) is 5.47. The first-order chi connectivity index (χ1) is 14.3. The van der Waals surface area contributed by atoms with Crippen molar-refractivity contribution in [3.8, 4) is 5.75 Å². The van der Waals surface area contributed by atoms with Gasteiger partial charge < -0.3 is 20.1 Å². The standard InChI is InChI=1S/C21H28N4O5/c1-14-17(15(2)30-23-14)13-25-9-7-24(8-10-25)12-16(21(28)29)11-20(27)22-18-5-3-4-6-19(18)26/h3-6,16,26H,7-13H2,1-2H3,(H,22,27)(H,28,29)/t16-/m0/s1. The first-order valence-corrected chi connectivity index (χ1v) is 10.0. The van der Waals surface area contributed by atoms with Crippen LogP contribution >= 0.6 is 0 Å². The summed E-state index contributed by atoms with van der Waals surface area (Å²) >= 11 is 0. The van der Waals surface area contributed by atoms with Crippen LogP contribution in [0.1, 0.15) is 23.4 Å². The molecule has 1 fully saturated rings. The molecule has 162 valence electrons. The molecule has 0 saturated carbocycles. The van der Waals surface area contributed by atoms with Gasteiger partial charge in [-0.15, -0.1) is 0 Å². The number of para-hydroxylation sites is 2. The van der Waals surface area contributed by atoms with Crippen molar-refractivity contribution >= 4 is 17.6 Å². The molecular formula is C21H28N4O5. The molecule has 0 spiro atoms. The molecule has 1 amide bonds. The highest BCUT2D eigenvalue weighted by molar-refractivity contribution is 5.94. The van der Waals surface area contributed by atoms with E-state index in [9.17, 15) is 19.8 Å². The van der Waals surface area contributed by atoms with Gasteiger partial charge in [-0.3, -0.25) is 19.4 Å². The van der Waals surface area contributed by atoms with E-state index < -0.39 is 17.8 Å². The van der Waals surface area contributed by atoms with Crippen LogP contribution in [0.15, 0.2) is 28.8 Å². The Kier molecular flexibility index (Phi) is 7.07. The molecule has 3 N–H and O–H groups in total. The van der Waals surface area contributed by atoms with Crippen LogP contribution in [0, 0.1) is 19.8 Å². The van der Waals surface area contributed by atoms with E-state index in [1.54, 1.807) is 18.2 Å². The van der Waals surface area contributed by atoms with Crippen LogP contribution in [0.2, 0.25) is 0 Å². The summed E-state index contributed by atoms with van der Waals surface area (Å²) in [7, 11) is 0. The van der Waals surface area contributed by atoms with Gasteiger partial charge in [0.05, 0.1) is 17.3 Å². The maximum Gasteiger partial charge on any atom is 0.308 e. The SMILES string of the molecule is Cc1noc(C)c1CN1CCN(C[C@H](CC(=O)Nc2ccccc2O)C(=O)O)CC1. The monoisotopic (exact) mass is 416 g/mol. The van der Waals surface area contributed by atoms with Gasteiger partial charge in [0.2, 0.25) is 5.91 Å². The van der Waals surface area contributed by atoms with Crippen molar-refractivity contribution in [2.24, 2.45) is 5.92 Å². The summed E-state index contributed by atoms with van der Waals surface area (Å²) in [5, 5.41) is 25.9. The Balaban J connectivity index is 1.49. The van der Waals surface area contributed by atoms with E-state index in [4.69, 9.17) is 4.52 Å². The minimum atomic E-state index is -0.999. The number of benzene rings is 1. The van der Waals surface area contributed by atoms with Crippen molar-refractivity contribution in [1.29, 1.82) is 0 Å². The number of aryl methyl sites for hydroxylation is 2. The molecule has 3 rings (SSSR count). The normalized spacial score (nSPS) is 16.3. The molecule has 0 aliphatic carbocycles. The van der Waals surface area contributed by atoms with Crippen molar-refractivity contribution in [3.63, 3.8) is 0 Å². The summed E-state index contributed by atoms with van der Waals surface area (Å²) in [6.45, 7) is 7.98. The Hall–Kier alpha value is -2.91. The smallest absolute Gasteiger partial charge is 0.308 e. The number of carboxylic acids is 1. The first kappa shape index (κ1) is 21.8. The highest BCUT2D eigenvalue weighted by Gasteiger charge is 2.27. The predicted molar refractivity (Wildman–Crippen MR) is 110 cm³/mol. The number of carboxylic acid groups (broad SMARTS) is 1. The fourth-order valence-electron chi connectivity index (χ4n) is 3.63. The van der Waals surface area contributed by atoms with Crippen molar-refractivity contribution in [3.05, 3.63) is 41.3 Å². The van der Waals surface area contributed by atoms with Gasteiger partial charge in [0.25, 0.3) is 0 Å². The Morgan fingerprint density at radius 1 is 1.17 bits per heavy atom. The van der Waals surface area contributed by atoms with Gasteiger partial charge in [0.1, 0.15) is 11.5 Å². The molecule has 1 saturated heterocycles. The van der Waals surface area contributed by atoms with Crippen LogP contribution in [-0.2, 0) is 16.1 Å². The van der Waals surface area contributed by atoms with E-state index in [1.807, 2.05) is 13.8 Å². The summed E-state index contributed by atoms with van der Waals surface area (Å²) in [4.78, 5) is 28.4. The summed E-state index contributed by atoms with van der Waals surface area (Å²) in [6, 6.07) is 6.37. The average molecular weight is 416 g/mol. The highest BCUT2D eigenvalue weighted by atomic mass is 16.5. The zero-order chi connectivity index (χ0) is 21.7. The van der Waals surface area contributed by atoms with Crippen molar-refractivity contribution in [2.45, 2.75) is 26.8 Å². The Labute approximate surface area is 175 Å². The third-order valence-electron chi connectivity index (χ3n) is 5.47. The van der Waals surface area contributed by atoms with E-state index in [1.165, 1.54) is 6.07 Å². The lowest BCUT2D eigenvalue weighted by Gasteiger charge is -2.35. The minimum absolute atomic E-state index is 0.0489. The molecule has 2 aromatic rings. The number of nitrogens with zero attached hydrogens (tertiary/aromatic N) is 3. The molecule has 1 aliphatic rings. The number of phenols is 1. The number of anilines is 1. The van der Waals surface area contributed by atoms with Crippen LogP contribution in [0.25, 0.3) is 0 Å². The van der Waals surface area contributed by atoms with Gasteiger partial charge in [-0.25, -0.2) is 0 Å². The molecule has 1 aromatic carbocycles. The number of rotatable bonds is 8. The van der Waals surface area contributed by atoms with Crippen molar-refractivity contribution in [2.75, 3.05) is 38.0 Å². The molecule has 0 bridgehead atoms. The fourth-order valence-corrected chi connectivity index (χ4v) is 3.63. The molecule has 9 heteroatoms. The van der Waals surface area contributed by atoms with Gasteiger partial charge in [-0.1, -0.05) is 17.3 Å². The number of nitrogens with one attached hydrogen (secondary N) is 1. The zero-order valence-electron chi connectivity index (χ0n) is 17.3. The van der Waals surface area contributed by atoms with Crippen LogP contribution in [0.3, 0.4) is 0 Å². The van der Waals surface area contributed by atoms with Crippen LogP contribution in [-0.4, -0.2) is 69.8 Å². The molecule has 30 heavy (non-hydrogen) atoms. The lowest BCUT2D eigenvalue weighted by molar-refractivity contribution is -0.144. The van der Waals surface area contributed by atoms with Crippen LogP contribution < -0.4 is 5.32 Å². The van der Waals surface area contributed by atoms with Crippen LogP contribution in [0.5, 0.6) is 5.75 Å². The number of hydrogen-bond acceptors (Lipinski definition) is 7. The quantitative estimate of drug-likeness (QED) is 0.558. The molecule has 1 atom stereocenters. The van der Waals surface area contributed by atoms with E-state index in [0.717, 1.165) is 49.7 Å². The van der Waals surface area contributed by atoms with Crippen molar-refractivity contribution in [1.82, 2.24) is 15.0 Å². The largest absolute Gasteiger partial charge is 0.506 e. The molecular weight excluding hydrogens is 388 g/mol. The summed E-state index contributed by atoms with van der Waals surface area (Å²) < 4.78 is 5.22. The maximum absolute atomic E-state index is 12.3. The Morgan fingerprint density at radius 2 is 1.83 bits per heavy atom. The van der Waals surface area contributed by atoms with Gasteiger partial charge >= 0.3 is 5.97 Å². The summed E-state index contributed by atoms with van der Waals surface area (Å²) in [5.41, 5.74) is 2.28. The van der Waals surface area contributed by atoms with Gasteiger partial charge in [0, 0.05) is 51.3 Å². The molecule has 9 nitrogen and oxygen atoms in total. The van der Waals surface area contributed by atoms with E-state index in [-0.39, 0.29) is 17.9 Å². The molecule has 2 heterocycles. The highest BCUT2D eigenvalue weighted by Crippen LogP contribution is 2.22. The number of amides is 1. The predicted octanol–water partition coefficient (Wildman–Crippen LogP) is 1.84. The number of phenolic OH excluding ortho intramolecular Hbond substituents is 1. The number of hydrogen-bond donors (Lipinski definition) is 3. The molecule has 1 aliphatic heterocycles. The summed E-state index contributed by atoms with van der Waals surface area (Å²) in [5.74, 6) is -1.46. The molecule has 0 radical (unpaired) electrons. The Morgan fingerprint density at radius 3 is 2.43 bits per heavy atom. The van der Waals surface area contributed by atoms with E-state index >= 15 is 0 Å². The number of aliphatic carboxylic acids is 1. The second kappa shape index (κ2) is 9.73. The van der Waals surface area contributed by atoms with Crippen LogP contribution in [0.4, 0.5) is 5.69 Å². The average Bonchev–Trinajstić information content (AvgIpc) is 3.02. The topological polar surface area (TPSA) is 119 Å². The van der Waals surface area contributed by atoms with E-state index in [0.29, 0.717) is 6.54 Å². The number of piperazine rings is 1. The number of carbonyl (C=O) groups is 2. The molecule has 1 aromatic heterocycles. The minimum Gasteiger partial charge on any atom is -0.506 e. The summed E-state index contributed by atoms with van der Waals surface area (Å²) in [6.07, 6.45) is -0.150.